The Hall–Kier alpha value is -2.93. The highest BCUT2D eigenvalue weighted by molar-refractivity contribution is 7.09. The zero-order chi connectivity index (χ0) is 25.0. The maximum atomic E-state index is 13.3. The zero-order valence-corrected chi connectivity index (χ0v) is 21.2. The quantitative estimate of drug-likeness (QED) is 0.481. The van der Waals surface area contributed by atoms with Crippen molar-refractivity contribution in [3.63, 3.8) is 0 Å². The average Bonchev–Trinajstić information content (AvgIpc) is 3.40. The molecular weight excluding hydrogens is 478 g/mol. The fourth-order valence-electron chi connectivity index (χ4n) is 3.87. The summed E-state index contributed by atoms with van der Waals surface area (Å²) in [5.41, 5.74) is 6.30. The van der Waals surface area contributed by atoms with Gasteiger partial charge < -0.3 is 21.3 Å². The summed E-state index contributed by atoms with van der Waals surface area (Å²) in [6.45, 7) is 7.58. The number of nitrogens with one attached hydrogen (secondary N) is 2. The van der Waals surface area contributed by atoms with Crippen LogP contribution in [-0.4, -0.2) is 67.8 Å². The molecule has 1 aliphatic heterocycles. The maximum absolute atomic E-state index is 13.3. The number of thiazole rings is 1. The lowest BCUT2D eigenvalue weighted by atomic mass is 9.94. The summed E-state index contributed by atoms with van der Waals surface area (Å²) in [6, 6.07) is -2.11. The maximum Gasteiger partial charge on any atom is 0.274 e. The molecule has 0 aromatic carbocycles. The van der Waals surface area contributed by atoms with Crippen molar-refractivity contribution in [1.82, 2.24) is 30.1 Å². The minimum absolute atomic E-state index is 0.128. The summed E-state index contributed by atoms with van der Waals surface area (Å²) >= 11 is 2.35. The molecule has 184 valence electrons. The first-order chi connectivity index (χ1) is 16.1. The van der Waals surface area contributed by atoms with E-state index in [0.717, 1.165) is 16.5 Å². The number of hydrogen-bond acceptors (Lipinski definition) is 9. The Kier molecular flexibility index (Phi) is 8.31. The molecule has 3 rings (SSSR count). The van der Waals surface area contributed by atoms with Crippen LogP contribution in [0.3, 0.4) is 0 Å². The number of nitrogens with zero attached hydrogens (tertiary/aromatic N) is 4. The SMILES string of the molecule is Cc1nc(C(=O)N2CCC(NC(=O)c3snnc3C)CC2C(=O)NC(CC(C)C)C(N)=O)cs1. The van der Waals surface area contributed by atoms with Gasteiger partial charge >= 0.3 is 0 Å². The van der Waals surface area contributed by atoms with Crippen molar-refractivity contribution >= 4 is 46.5 Å². The van der Waals surface area contributed by atoms with E-state index in [1.165, 1.54) is 16.2 Å². The van der Waals surface area contributed by atoms with Crippen LogP contribution in [0.2, 0.25) is 0 Å². The first-order valence-electron chi connectivity index (χ1n) is 11.0. The smallest absolute Gasteiger partial charge is 0.274 e. The first-order valence-corrected chi connectivity index (χ1v) is 12.6. The van der Waals surface area contributed by atoms with Gasteiger partial charge in [-0.2, -0.15) is 0 Å². The van der Waals surface area contributed by atoms with E-state index < -0.39 is 23.9 Å². The molecule has 0 saturated carbocycles. The van der Waals surface area contributed by atoms with Gasteiger partial charge in [0.15, 0.2) is 0 Å². The number of aromatic nitrogens is 3. The van der Waals surface area contributed by atoms with E-state index in [1.54, 1.807) is 19.2 Å². The molecule has 1 saturated heterocycles. The van der Waals surface area contributed by atoms with E-state index in [0.29, 0.717) is 23.4 Å². The predicted octanol–water partition coefficient (Wildman–Crippen LogP) is 1.03. The van der Waals surface area contributed by atoms with Crippen LogP contribution in [-0.2, 0) is 9.59 Å². The minimum atomic E-state index is -0.900. The van der Waals surface area contributed by atoms with Crippen LogP contribution in [0.5, 0.6) is 0 Å². The Morgan fingerprint density at radius 3 is 2.56 bits per heavy atom. The predicted molar refractivity (Wildman–Crippen MR) is 127 cm³/mol. The molecule has 1 fully saturated rings. The van der Waals surface area contributed by atoms with Gasteiger partial charge in [-0.25, -0.2) is 4.98 Å². The zero-order valence-electron chi connectivity index (χ0n) is 19.5. The molecule has 3 heterocycles. The highest BCUT2D eigenvalue weighted by Crippen LogP contribution is 2.23. The van der Waals surface area contributed by atoms with E-state index >= 15 is 0 Å². The van der Waals surface area contributed by atoms with E-state index in [9.17, 15) is 19.2 Å². The van der Waals surface area contributed by atoms with Gasteiger partial charge in [0.2, 0.25) is 11.8 Å². The Balaban J connectivity index is 1.80. The van der Waals surface area contributed by atoms with Gasteiger partial charge in [0.25, 0.3) is 11.8 Å². The summed E-state index contributed by atoms with van der Waals surface area (Å²) in [6.07, 6.45) is 1.02. The van der Waals surface area contributed by atoms with Gasteiger partial charge in [-0.15, -0.1) is 16.4 Å². The lowest BCUT2D eigenvalue weighted by Gasteiger charge is -2.39. The lowest BCUT2D eigenvalue weighted by molar-refractivity contribution is -0.131. The van der Waals surface area contributed by atoms with Crippen molar-refractivity contribution < 1.29 is 19.2 Å². The summed E-state index contributed by atoms with van der Waals surface area (Å²) in [4.78, 5) is 57.2. The second-order valence-electron chi connectivity index (χ2n) is 8.74. The van der Waals surface area contributed by atoms with Crippen LogP contribution < -0.4 is 16.4 Å². The second-order valence-corrected chi connectivity index (χ2v) is 10.6. The van der Waals surface area contributed by atoms with E-state index in [1.807, 2.05) is 13.8 Å². The summed E-state index contributed by atoms with van der Waals surface area (Å²) in [5.74, 6) is -1.68. The largest absolute Gasteiger partial charge is 0.368 e. The van der Waals surface area contributed by atoms with Crippen LogP contribution in [0.15, 0.2) is 5.38 Å². The van der Waals surface area contributed by atoms with Crippen molar-refractivity contribution in [2.45, 2.75) is 65.1 Å². The number of rotatable bonds is 8. The van der Waals surface area contributed by atoms with Gasteiger partial charge in [-0.1, -0.05) is 18.3 Å². The minimum Gasteiger partial charge on any atom is -0.368 e. The monoisotopic (exact) mass is 507 g/mol. The number of likely N-dealkylation sites (tertiary alicyclic amines) is 1. The molecule has 2 aromatic heterocycles. The fraction of sp³-hybridized carbons (Fsp3) is 0.571. The topological polar surface area (TPSA) is 160 Å². The van der Waals surface area contributed by atoms with Gasteiger partial charge in [-0.05, 0) is 50.6 Å². The molecule has 1 aliphatic rings. The van der Waals surface area contributed by atoms with Gasteiger partial charge in [-0.3, -0.25) is 19.2 Å². The molecule has 3 unspecified atom stereocenters. The van der Waals surface area contributed by atoms with Gasteiger partial charge in [0, 0.05) is 18.0 Å². The van der Waals surface area contributed by atoms with Crippen molar-refractivity contribution in [2.75, 3.05) is 6.54 Å². The standard InChI is InChI=1S/C21H29N7O4S2/c1-10(2)7-14(18(22)29)25-19(30)16-8-13(24-20(31)17-11(3)26-27-34-17)5-6-28(16)21(32)15-9-33-12(4)23-15/h9-10,13-14,16H,5-8H2,1-4H3,(H2,22,29)(H,24,31)(H,25,30). The summed E-state index contributed by atoms with van der Waals surface area (Å²) in [7, 11) is 0. The number of carbonyl (C=O) groups is 4. The molecule has 4 N–H and O–H groups in total. The lowest BCUT2D eigenvalue weighted by Crippen LogP contribution is -2.59. The molecule has 34 heavy (non-hydrogen) atoms. The number of hydrogen-bond donors (Lipinski definition) is 3. The van der Waals surface area contributed by atoms with Gasteiger partial charge in [0.1, 0.15) is 22.7 Å². The highest BCUT2D eigenvalue weighted by atomic mass is 32.1. The number of piperidine rings is 1. The normalized spacial score (nSPS) is 19.0. The summed E-state index contributed by atoms with van der Waals surface area (Å²) < 4.78 is 3.79. The van der Waals surface area contributed by atoms with Crippen molar-refractivity contribution in [3.8, 4) is 0 Å². The fourth-order valence-corrected chi connectivity index (χ4v) is 5.02. The van der Waals surface area contributed by atoms with Crippen LogP contribution >= 0.6 is 22.9 Å². The van der Waals surface area contributed by atoms with Crippen LogP contribution in [0.4, 0.5) is 0 Å². The van der Waals surface area contributed by atoms with Crippen LogP contribution in [0, 0.1) is 19.8 Å². The van der Waals surface area contributed by atoms with Gasteiger partial charge in [0.05, 0.1) is 10.7 Å². The Bertz CT molecular complexity index is 1070. The van der Waals surface area contributed by atoms with Crippen molar-refractivity contribution in [1.29, 1.82) is 0 Å². The first kappa shape index (κ1) is 25.7. The summed E-state index contributed by atoms with van der Waals surface area (Å²) in [5, 5.41) is 11.9. The molecular formula is C21H29N7O4S2. The number of carbonyl (C=O) groups excluding carboxylic acids is 4. The number of nitrogens with two attached hydrogens (primary N) is 1. The molecule has 13 heteroatoms. The van der Waals surface area contributed by atoms with E-state index in [4.69, 9.17) is 5.73 Å². The molecule has 0 aliphatic carbocycles. The number of amides is 4. The Labute approximate surface area is 205 Å². The molecule has 2 aromatic rings. The average molecular weight is 508 g/mol. The molecule has 4 amide bonds. The van der Waals surface area contributed by atoms with E-state index in [-0.39, 0.29) is 42.4 Å². The van der Waals surface area contributed by atoms with E-state index in [2.05, 4.69) is 25.2 Å². The molecule has 0 bridgehead atoms. The molecule has 3 atom stereocenters. The third-order valence-electron chi connectivity index (χ3n) is 5.56. The van der Waals surface area contributed by atoms with Crippen LogP contribution in [0.25, 0.3) is 0 Å². The molecule has 0 spiro atoms. The van der Waals surface area contributed by atoms with Crippen molar-refractivity contribution in [2.24, 2.45) is 11.7 Å². The van der Waals surface area contributed by atoms with Crippen molar-refractivity contribution in [3.05, 3.63) is 26.7 Å². The molecule has 11 nitrogen and oxygen atoms in total. The van der Waals surface area contributed by atoms with Crippen LogP contribution in [0.1, 0.15) is 64.0 Å². The highest BCUT2D eigenvalue weighted by Gasteiger charge is 2.39. The Morgan fingerprint density at radius 2 is 2.00 bits per heavy atom. The number of aryl methyl sites for hydroxylation is 2. The number of primary amides is 1. The second kappa shape index (κ2) is 11.0. The third-order valence-corrected chi connectivity index (χ3v) is 7.16. The third kappa shape index (κ3) is 6.14. The Morgan fingerprint density at radius 1 is 1.26 bits per heavy atom. The molecule has 0 radical (unpaired) electrons.